The summed E-state index contributed by atoms with van der Waals surface area (Å²) in [6, 6.07) is 6.08. The lowest BCUT2D eigenvalue weighted by atomic mass is 10.1. The van der Waals surface area contributed by atoms with E-state index in [1.54, 1.807) is 0 Å². The van der Waals surface area contributed by atoms with Crippen molar-refractivity contribution in [2.75, 3.05) is 0 Å². The topological polar surface area (TPSA) is 48.8 Å². The van der Waals surface area contributed by atoms with Gasteiger partial charge in [-0.2, -0.15) is 5.26 Å². The van der Waals surface area contributed by atoms with Gasteiger partial charge in [0, 0.05) is 22.7 Å². The Labute approximate surface area is 98.6 Å². The van der Waals surface area contributed by atoms with Crippen LogP contribution >= 0.6 is 0 Å². The van der Waals surface area contributed by atoms with Crippen molar-refractivity contribution in [1.82, 2.24) is 4.98 Å². The molecule has 2 aromatic rings. The van der Waals surface area contributed by atoms with Crippen molar-refractivity contribution >= 4 is 10.9 Å². The molecule has 0 saturated heterocycles. The van der Waals surface area contributed by atoms with Crippen LogP contribution in [0.5, 0.6) is 0 Å². The second-order valence-electron chi connectivity index (χ2n) is 3.50. The lowest BCUT2D eigenvalue weighted by molar-refractivity contribution is -0.362. The maximum Gasteiger partial charge on any atom is 0.525 e. The van der Waals surface area contributed by atoms with E-state index in [1.165, 1.54) is 18.2 Å². The first kappa shape index (κ1) is 12.4. The molecule has 18 heavy (non-hydrogen) atoms. The van der Waals surface area contributed by atoms with Gasteiger partial charge in [0.25, 0.3) is 0 Å². The molecule has 0 bridgehead atoms. The molecule has 1 N–H and O–H groups in total. The lowest BCUT2D eigenvalue weighted by Gasteiger charge is -2.11. The van der Waals surface area contributed by atoms with Crippen molar-refractivity contribution in [3.05, 3.63) is 35.5 Å². The van der Waals surface area contributed by atoms with Gasteiger partial charge in [0.15, 0.2) is 0 Å². The van der Waals surface area contributed by atoms with Crippen LogP contribution in [0, 0.1) is 11.3 Å². The SMILES string of the molecule is N#Cc1ccc2[nH]cc(C(F)OC(F)(F)F)c2c1. The second kappa shape index (κ2) is 4.31. The normalized spacial score (nSPS) is 13.5. The number of halogens is 4. The molecule has 7 heteroatoms. The Morgan fingerprint density at radius 2 is 2.06 bits per heavy atom. The third kappa shape index (κ3) is 2.43. The molecule has 1 atom stereocenters. The fourth-order valence-corrected chi connectivity index (χ4v) is 1.58. The fourth-order valence-electron chi connectivity index (χ4n) is 1.58. The standard InChI is InChI=1S/C11H6F4N2O/c12-10(18-11(13,14)15)8-5-17-9-2-1-6(4-16)3-7(8)9/h1-3,5,10,17H. The maximum absolute atomic E-state index is 13.4. The van der Waals surface area contributed by atoms with Crippen molar-refractivity contribution in [1.29, 1.82) is 5.26 Å². The summed E-state index contributed by atoms with van der Waals surface area (Å²) in [7, 11) is 0. The van der Waals surface area contributed by atoms with Crippen LogP contribution < -0.4 is 0 Å². The zero-order valence-corrected chi connectivity index (χ0v) is 8.75. The molecular weight excluding hydrogens is 252 g/mol. The number of nitriles is 1. The predicted octanol–water partition coefficient (Wildman–Crippen LogP) is 3.54. The lowest BCUT2D eigenvalue weighted by Crippen LogP contribution is -2.15. The average molecular weight is 258 g/mol. The molecular formula is C11H6F4N2O. The van der Waals surface area contributed by atoms with Crippen LogP contribution in [-0.2, 0) is 4.74 Å². The molecule has 0 spiro atoms. The smallest absolute Gasteiger partial charge is 0.361 e. The van der Waals surface area contributed by atoms with E-state index >= 15 is 0 Å². The number of hydrogen-bond donors (Lipinski definition) is 1. The van der Waals surface area contributed by atoms with E-state index in [4.69, 9.17) is 5.26 Å². The number of nitrogens with zero attached hydrogens (tertiary/aromatic N) is 1. The number of ether oxygens (including phenoxy) is 1. The summed E-state index contributed by atoms with van der Waals surface area (Å²) >= 11 is 0. The van der Waals surface area contributed by atoms with Crippen molar-refractivity contribution < 1.29 is 22.3 Å². The quantitative estimate of drug-likeness (QED) is 0.837. The van der Waals surface area contributed by atoms with E-state index in [2.05, 4.69) is 9.72 Å². The molecule has 0 aliphatic rings. The van der Waals surface area contributed by atoms with Crippen molar-refractivity contribution in [3.63, 3.8) is 0 Å². The molecule has 2 rings (SSSR count). The van der Waals surface area contributed by atoms with Gasteiger partial charge >= 0.3 is 6.36 Å². The first-order valence-corrected chi connectivity index (χ1v) is 4.80. The van der Waals surface area contributed by atoms with E-state index in [1.807, 2.05) is 6.07 Å². The van der Waals surface area contributed by atoms with E-state index in [-0.39, 0.29) is 16.5 Å². The van der Waals surface area contributed by atoms with Crippen molar-refractivity contribution in [2.24, 2.45) is 0 Å². The minimum atomic E-state index is -5.06. The van der Waals surface area contributed by atoms with Crippen LogP contribution in [-0.4, -0.2) is 11.3 Å². The minimum absolute atomic E-state index is 0.186. The van der Waals surface area contributed by atoms with E-state index < -0.39 is 12.7 Å². The first-order valence-electron chi connectivity index (χ1n) is 4.80. The molecule has 0 amide bonds. The molecule has 0 aliphatic carbocycles. The molecule has 1 unspecified atom stereocenters. The summed E-state index contributed by atoms with van der Waals surface area (Å²) in [5, 5.41) is 8.87. The number of hydrogen-bond acceptors (Lipinski definition) is 2. The number of nitrogens with one attached hydrogen (secondary N) is 1. The Balaban J connectivity index is 2.42. The number of fused-ring (bicyclic) bond motifs is 1. The van der Waals surface area contributed by atoms with E-state index in [0.717, 1.165) is 6.20 Å². The predicted molar refractivity (Wildman–Crippen MR) is 54.0 cm³/mol. The van der Waals surface area contributed by atoms with Crippen molar-refractivity contribution in [3.8, 4) is 6.07 Å². The third-order valence-corrected chi connectivity index (χ3v) is 2.32. The van der Waals surface area contributed by atoms with E-state index in [9.17, 15) is 17.6 Å². The summed E-state index contributed by atoms with van der Waals surface area (Å²) in [5.74, 6) is 0. The first-order chi connectivity index (χ1) is 8.40. The molecule has 0 saturated carbocycles. The Morgan fingerprint density at radius 3 is 2.67 bits per heavy atom. The molecule has 0 radical (unpaired) electrons. The monoisotopic (exact) mass is 258 g/mol. The fraction of sp³-hybridized carbons (Fsp3) is 0.182. The van der Waals surface area contributed by atoms with Crippen molar-refractivity contribution in [2.45, 2.75) is 12.7 Å². The number of rotatable bonds is 2. The number of benzene rings is 1. The number of aromatic amines is 1. The third-order valence-electron chi connectivity index (χ3n) is 2.32. The summed E-state index contributed by atoms with van der Waals surface area (Å²) in [4.78, 5) is 2.61. The molecule has 1 aromatic carbocycles. The second-order valence-corrected chi connectivity index (χ2v) is 3.50. The molecule has 0 aliphatic heterocycles. The highest BCUT2D eigenvalue weighted by Crippen LogP contribution is 2.33. The number of alkyl halides is 4. The van der Waals surface area contributed by atoms with Crippen LogP contribution in [0.4, 0.5) is 17.6 Å². The Bertz CT molecular complexity index is 612. The molecule has 3 nitrogen and oxygen atoms in total. The van der Waals surface area contributed by atoms with Gasteiger partial charge in [0.05, 0.1) is 11.6 Å². The minimum Gasteiger partial charge on any atom is -0.361 e. The van der Waals surface area contributed by atoms with Crippen LogP contribution in [0.3, 0.4) is 0 Å². The maximum atomic E-state index is 13.4. The largest absolute Gasteiger partial charge is 0.525 e. The number of aromatic nitrogens is 1. The Kier molecular flexibility index (Phi) is 2.97. The summed E-state index contributed by atoms with van der Waals surface area (Å²) < 4.78 is 52.4. The van der Waals surface area contributed by atoms with Crippen LogP contribution in [0.15, 0.2) is 24.4 Å². The molecule has 0 fully saturated rings. The van der Waals surface area contributed by atoms with Gasteiger partial charge in [-0.05, 0) is 18.2 Å². The van der Waals surface area contributed by atoms with Gasteiger partial charge in [-0.3, -0.25) is 4.74 Å². The van der Waals surface area contributed by atoms with Gasteiger partial charge in [-0.25, -0.2) is 4.39 Å². The summed E-state index contributed by atoms with van der Waals surface area (Å²) in [6.07, 6.45) is -6.61. The van der Waals surface area contributed by atoms with Crippen LogP contribution in [0.1, 0.15) is 17.5 Å². The van der Waals surface area contributed by atoms with Gasteiger partial charge in [0.2, 0.25) is 6.36 Å². The molecule has 1 heterocycles. The molecule has 1 aromatic heterocycles. The van der Waals surface area contributed by atoms with Gasteiger partial charge in [0.1, 0.15) is 0 Å². The Morgan fingerprint density at radius 1 is 1.33 bits per heavy atom. The van der Waals surface area contributed by atoms with Gasteiger partial charge < -0.3 is 4.98 Å². The van der Waals surface area contributed by atoms with Gasteiger partial charge in [-0.15, -0.1) is 13.2 Å². The zero-order valence-electron chi connectivity index (χ0n) is 8.75. The van der Waals surface area contributed by atoms with Crippen LogP contribution in [0.2, 0.25) is 0 Å². The highest BCUT2D eigenvalue weighted by molar-refractivity contribution is 5.84. The average Bonchev–Trinajstić information content (AvgIpc) is 2.69. The molecule has 94 valence electrons. The van der Waals surface area contributed by atoms with Crippen LogP contribution in [0.25, 0.3) is 10.9 Å². The summed E-state index contributed by atoms with van der Waals surface area (Å²) in [5.41, 5.74) is 0.361. The Hall–Kier alpha value is -2.07. The zero-order chi connectivity index (χ0) is 13.3. The van der Waals surface area contributed by atoms with Gasteiger partial charge in [-0.1, -0.05) is 0 Å². The highest BCUT2D eigenvalue weighted by atomic mass is 19.4. The number of H-pyrrole nitrogens is 1. The summed E-state index contributed by atoms with van der Waals surface area (Å²) in [6.45, 7) is 0. The van der Waals surface area contributed by atoms with E-state index in [0.29, 0.717) is 5.52 Å². The highest BCUT2D eigenvalue weighted by Gasteiger charge is 2.35.